The van der Waals surface area contributed by atoms with Crippen molar-refractivity contribution in [2.45, 2.75) is 25.4 Å². The molecule has 3 aromatic rings. The molecule has 12 heteroatoms. The highest BCUT2D eigenvalue weighted by Gasteiger charge is 2.37. The molecule has 1 saturated heterocycles. The molecule has 0 spiro atoms. The Bertz CT molecular complexity index is 1190. The SMILES string of the molecule is Nc1ncnc2cc(CN3CCN(Cc4cc(C(F)(F)F)cc(C(F)(F)F)c4)CC3=O)ccc12. The van der Waals surface area contributed by atoms with Gasteiger partial charge in [-0.1, -0.05) is 6.07 Å². The van der Waals surface area contributed by atoms with Crippen LogP contribution in [0, 0.1) is 0 Å². The number of rotatable bonds is 4. The molecule has 1 aliphatic heterocycles. The number of carbonyl (C=O) groups excluding carboxylic acids is 1. The fourth-order valence-electron chi connectivity index (χ4n) is 3.87. The highest BCUT2D eigenvalue weighted by molar-refractivity contribution is 5.88. The van der Waals surface area contributed by atoms with E-state index in [2.05, 4.69) is 9.97 Å². The van der Waals surface area contributed by atoms with Gasteiger partial charge in [-0.25, -0.2) is 9.97 Å². The van der Waals surface area contributed by atoms with E-state index >= 15 is 0 Å². The Kier molecular flexibility index (Phi) is 6.11. The quantitative estimate of drug-likeness (QED) is 0.566. The molecule has 0 atom stereocenters. The number of nitrogen functional groups attached to an aromatic ring is 1. The summed E-state index contributed by atoms with van der Waals surface area (Å²) in [5.74, 6) is 0.0566. The van der Waals surface area contributed by atoms with E-state index in [-0.39, 0.29) is 43.7 Å². The number of alkyl halides is 6. The van der Waals surface area contributed by atoms with Gasteiger partial charge in [0.15, 0.2) is 0 Å². The number of amides is 1. The predicted octanol–water partition coefficient (Wildman–Crippen LogP) is 4.09. The van der Waals surface area contributed by atoms with Crippen LogP contribution in [0.4, 0.5) is 32.2 Å². The van der Waals surface area contributed by atoms with Gasteiger partial charge in [0.1, 0.15) is 12.1 Å². The third-order valence-electron chi connectivity index (χ3n) is 5.56. The Morgan fingerprint density at radius 2 is 1.53 bits per heavy atom. The number of halogens is 6. The van der Waals surface area contributed by atoms with Gasteiger partial charge < -0.3 is 10.6 Å². The second kappa shape index (κ2) is 8.75. The summed E-state index contributed by atoms with van der Waals surface area (Å²) in [6.45, 7) is 0.521. The number of nitrogens with zero attached hydrogens (tertiary/aromatic N) is 4. The lowest BCUT2D eigenvalue weighted by Gasteiger charge is -2.34. The first-order valence-corrected chi connectivity index (χ1v) is 10.2. The molecule has 1 fully saturated rings. The van der Waals surface area contributed by atoms with Crippen molar-refractivity contribution in [2.75, 3.05) is 25.4 Å². The summed E-state index contributed by atoms with van der Waals surface area (Å²) in [5, 5.41) is 0.682. The second-order valence-corrected chi connectivity index (χ2v) is 8.05. The molecule has 2 heterocycles. The topological polar surface area (TPSA) is 75.3 Å². The lowest BCUT2D eigenvalue weighted by molar-refractivity contribution is -0.143. The minimum Gasteiger partial charge on any atom is -0.383 e. The van der Waals surface area contributed by atoms with Crippen LogP contribution in [0.3, 0.4) is 0 Å². The first kappa shape index (κ1) is 23.7. The van der Waals surface area contributed by atoms with Crippen molar-refractivity contribution in [2.24, 2.45) is 0 Å². The van der Waals surface area contributed by atoms with Crippen molar-refractivity contribution in [3.05, 3.63) is 65.0 Å². The van der Waals surface area contributed by atoms with Gasteiger partial charge in [-0.3, -0.25) is 9.69 Å². The second-order valence-electron chi connectivity index (χ2n) is 8.05. The lowest BCUT2D eigenvalue weighted by atomic mass is 10.0. The minimum atomic E-state index is -4.92. The van der Waals surface area contributed by atoms with Crippen LogP contribution in [0.1, 0.15) is 22.3 Å². The molecule has 4 rings (SSSR count). The number of aromatic nitrogens is 2. The van der Waals surface area contributed by atoms with Crippen LogP contribution in [-0.4, -0.2) is 45.3 Å². The van der Waals surface area contributed by atoms with Crippen LogP contribution in [-0.2, 0) is 30.2 Å². The van der Waals surface area contributed by atoms with E-state index in [9.17, 15) is 31.1 Å². The molecule has 0 radical (unpaired) electrons. The first-order chi connectivity index (χ1) is 15.9. The third-order valence-corrected chi connectivity index (χ3v) is 5.56. The van der Waals surface area contributed by atoms with Crippen molar-refractivity contribution >= 4 is 22.6 Å². The Morgan fingerprint density at radius 1 is 0.853 bits per heavy atom. The van der Waals surface area contributed by atoms with Gasteiger partial charge in [0.2, 0.25) is 5.91 Å². The maximum atomic E-state index is 13.1. The molecular weight excluding hydrogens is 464 g/mol. The third kappa shape index (κ3) is 5.22. The van der Waals surface area contributed by atoms with Crippen LogP contribution in [0.5, 0.6) is 0 Å². The summed E-state index contributed by atoms with van der Waals surface area (Å²) in [6.07, 6.45) is -8.50. The molecule has 34 heavy (non-hydrogen) atoms. The molecule has 1 aliphatic rings. The van der Waals surface area contributed by atoms with E-state index in [0.717, 1.165) is 5.56 Å². The molecular formula is C22H19F6N5O. The van der Waals surface area contributed by atoms with Crippen molar-refractivity contribution in [3.63, 3.8) is 0 Å². The van der Waals surface area contributed by atoms with Crippen LogP contribution >= 0.6 is 0 Å². The smallest absolute Gasteiger partial charge is 0.383 e. The van der Waals surface area contributed by atoms with Gasteiger partial charge in [0, 0.05) is 31.6 Å². The zero-order valence-corrected chi connectivity index (χ0v) is 17.6. The first-order valence-electron chi connectivity index (χ1n) is 10.2. The Balaban J connectivity index is 1.45. The van der Waals surface area contributed by atoms with E-state index in [4.69, 9.17) is 5.73 Å². The molecule has 1 aromatic heterocycles. The monoisotopic (exact) mass is 483 g/mol. The van der Waals surface area contributed by atoms with E-state index in [1.165, 1.54) is 11.2 Å². The number of hydrogen-bond acceptors (Lipinski definition) is 5. The largest absolute Gasteiger partial charge is 0.416 e. The summed E-state index contributed by atoms with van der Waals surface area (Å²) in [7, 11) is 0. The van der Waals surface area contributed by atoms with Gasteiger partial charge in [0.05, 0.1) is 23.2 Å². The number of fused-ring (bicyclic) bond motifs is 1. The zero-order chi connectivity index (χ0) is 24.7. The van der Waals surface area contributed by atoms with Gasteiger partial charge >= 0.3 is 12.4 Å². The maximum absolute atomic E-state index is 13.1. The van der Waals surface area contributed by atoms with E-state index in [0.29, 0.717) is 35.4 Å². The number of hydrogen-bond donors (Lipinski definition) is 1. The van der Waals surface area contributed by atoms with Crippen LogP contribution in [0.25, 0.3) is 10.9 Å². The molecule has 1 amide bonds. The number of benzene rings is 2. The van der Waals surface area contributed by atoms with Crippen molar-refractivity contribution < 1.29 is 31.1 Å². The molecule has 2 aromatic carbocycles. The van der Waals surface area contributed by atoms with Gasteiger partial charge in [0.25, 0.3) is 0 Å². The number of anilines is 1. The zero-order valence-electron chi connectivity index (χ0n) is 17.6. The summed E-state index contributed by atoms with van der Waals surface area (Å²) < 4.78 is 78.6. The molecule has 0 unspecified atom stereocenters. The minimum absolute atomic E-state index is 0.0920. The number of nitrogens with two attached hydrogens (primary N) is 1. The Labute approximate surface area is 190 Å². The van der Waals surface area contributed by atoms with Crippen molar-refractivity contribution in [1.82, 2.24) is 19.8 Å². The summed E-state index contributed by atoms with van der Waals surface area (Å²) >= 11 is 0. The average Bonchev–Trinajstić information content (AvgIpc) is 2.74. The Morgan fingerprint density at radius 3 is 2.15 bits per heavy atom. The molecule has 0 saturated carbocycles. The summed E-state index contributed by atoms with van der Waals surface area (Å²) in [5.41, 5.74) is 4.34. The average molecular weight is 483 g/mol. The highest BCUT2D eigenvalue weighted by atomic mass is 19.4. The molecule has 6 nitrogen and oxygen atoms in total. The summed E-state index contributed by atoms with van der Waals surface area (Å²) in [6, 6.07) is 6.81. The van der Waals surface area contributed by atoms with E-state index in [1.807, 2.05) is 0 Å². The number of piperazine rings is 1. The molecule has 180 valence electrons. The van der Waals surface area contributed by atoms with Crippen molar-refractivity contribution in [3.8, 4) is 0 Å². The molecule has 0 bridgehead atoms. The highest BCUT2D eigenvalue weighted by Crippen LogP contribution is 2.36. The molecule has 0 aliphatic carbocycles. The summed E-state index contributed by atoms with van der Waals surface area (Å²) in [4.78, 5) is 23.8. The maximum Gasteiger partial charge on any atom is 0.416 e. The van der Waals surface area contributed by atoms with Crippen molar-refractivity contribution in [1.29, 1.82) is 0 Å². The van der Waals surface area contributed by atoms with E-state index < -0.39 is 23.5 Å². The lowest BCUT2D eigenvalue weighted by Crippen LogP contribution is -2.49. The number of carbonyl (C=O) groups is 1. The molecule has 2 N–H and O–H groups in total. The fourth-order valence-corrected chi connectivity index (χ4v) is 3.87. The van der Waals surface area contributed by atoms with E-state index in [1.54, 1.807) is 23.1 Å². The Hall–Kier alpha value is -3.41. The van der Waals surface area contributed by atoms with Gasteiger partial charge in [-0.05, 0) is 41.5 Å². The van der Waals surface area contributed by atoms with Crippen LogP contribution in [0.2, 0.25) is 0 Å². The standard InChI is InChI=1S/C22H19F6N5O/c23-21(24,25)15-5-14(6-16(8-15)22(26,27)28)9-32-3-4-33(19(34)11-32)10-13-1-2-17-18(7-13)30-12-31-20(17)29/h1-2,5-8,12H,3-4,9-11H2,(H2,29,30,31). The van der Waals surface area contributed by atoms with Crippen LogP contribution < -0.4 is 5.73 Å². The normalized spacial score (nSPS) is 15.8. The predicted molar refractivity (Wildman–Crippen MR) is 111 cm³/mol. The van der Waals surface area contributed by atoms with Gasteiger partial charge in [-0.15, -0.1) is 0 Å². The van der Waals surface area contributed by atoms with Gasteiger partial charge in [-0.2, -0.15) is 26.3 Å². The van der Waals surface area contributed by atoms with Crippen LogP contribution in [0.15, 0.2) is 42.7 Å². The fraction of sp³-hybridized carbons (Fsp3) is 0.318.